The molecule has 170 valence electrons. The molecule has 1 saturated heterocycles. The summed E-state index contributed by atoms with van der Waals surface area (Å²) >= 11 is 12.1. The summed E-state index contributed by atoms with van der Waals surface area (Å²) in [5, 5.41) is 3.96. The molecule has 4 rings (SSSR count). The molecule has 1 N–H and O–H groups in total. The fourth-order valence-electron chi connectivity index (χ4n) is 3.78. The fourth-order valence-corrected chi connectivity index (χ4v) is 4.17. The third-order valence-electron chi connectivity index (χ3n) is 5.56. The van der Waals surface area contributed by atoms with Gasteiger partial charge in [-0.3, -0.25) is 9.59 Å². The molecule has 0 bridgehead atoms. The van der Waals surface area contributed by atoms with Crippen molar-refractivity contribution in [1.82, 2.24) is 4.90 Å². The van der Waals surface area contributed by atoms with Gasteiger partial charge in [-0.2, -0.15) is 0 Å². The van der Waals surface area contributed by atoms with E-state index in [2.05, 4.69) is 10.2 Å². The molecule has 0 spiro atoms. The first-order valence-electron chi connectivity index (χ1n) is 10.5. The van der Waals surface area contributed by atoms with Gasteiger partial charge < -0.3 is 19.9 Å². The van der Waals surface area contributed by atoms with Crippen molar-refractivity contribution in [2.45, 2.75) is 0 Å². The molecule has 3 aromatic carbocycles. The topological polar surface area (TPSA) is 61.9 Å². The number of halogens is 2. The summed E-state index contributed by atoms with van der Waals surface area (Å²) in [7, 11) is 1.53. The van der Waals surface area contributed by atoms with Gasteiger partial charge in [-0.05, 0) is 54.6 Å². The minimum absolute atomic E-state index is 0.00992. The molecular formula is C25H23Cl2N3O3. The van der Waals surface area contributed by atoms with Crippen molar-refractivity contribution in [3.8, 4) is 5.75 Å². The Bertz CT molecular complexity index is 1160. The first-order chi connectivity index (χ1) is 16.0. The molecule has 8 heteroatoms. The number of ether oxygens (including phenoxy) is 1. The predicted molar refractivity (Wildman–Crippen MR) is 132 cm³/mol. The second-order valence-electron chi connectivity index (χ2n) is 7.61. The van der Waals surface area contributed by atoms with Gasteiger partial charge in [0.15, 0.2) is 0 Å². The Balaban J connectivity index is 1.44. The van der Waals surface area contributed by atoms with Crippen LogP contribution in [-0.2, 0) is 0 Å². The largest absolute Gasteiger partial charge is 0.495 e. The zero-order chi connectivity index (χ0) is 23.4. The molecule has 1 aliphatic rings. The smallest absolute Gasteiger partial charge is 0.255 e. The molecule has 3 aromatic rings. The van der Waals surface area contributed by atoms with Crippen molar-refractivity contribution in [3.63, 3.8) is 0 Å². The number of nitrogens with zero attached hydrogens (tertiary/aromatic N) is 2. The van der Waals surface area contributed by atoms with Crippen molar-refractivity contribution in [2.24, 2.45) is 0 Å². The maximum absolute atomic E-state index is 12.8. The third kappa shape index (κ3) is 5.24. The van der Waals surface area contributed by atoms with Crippen molar-refractivity contribution in [2.75, 3.05) is 43.5 Å². The summed E-state index contributed by atoms with van der Waals surface area (Å²) in [4.78, 5) is 29.6. The van der Waals surface area contributed by atoms with Gasteiger partial charge >= 0.3 is 0 Å². The van der Waals surface area contributed by atoms with Crippen LogP contribution in [0.2, 0.25) is 10.0 Å². The number of methoxy groups -OCH3 is 1. The Labute approximate surface area is 202 Å². The van der Waals surface area contributed by atoms with Crippen LogP contribution in [0.4, 0.5) is 11.4 Å². The van der Waals surface area contributed by atoms with Crippen LogP contribution in [0, 0.1) is 0 Å². The van der Waals surface area contributed by atoms with Gasteiger partial charge in [0.05, 0.1) is 23.5 Å². The van der Waals surface area contributed by atoms with Crippen LogP contribution >= 0.6 is 23.2 Å². The maximum atomic E-state index is 12.8. The lowest BCUT2D eigenvalue weighted by atomic mass is 10.1. The molecule has 1 fully saturated rings. The number of anilines is 2. The summed E-state index contributed by atoms with van der Waals surface area (Å²) in [6.45, 7) is 2.47. The first kappa shape index (κ1) is 23.0. The number of nitrogens with one attached hydrogen (secondary N) is 1. The standard InChI is InChI=1S/C25H23Cl2N3O3/c1-33-23-11-8-18(16-20(23)27)24(31)28-21-4-2-3-5-22(21)29-12-14-30(15-13-29)25(32)17-6-9-19(26)10-7-17/h2-11,16H,12-15H2,1H3,(H,28,31). The van der Waals surface area contributed by atoms with Gasteiger partial charge in [-0.15, -0.1) is 0 Å². The van der Waals surface area contributed by atoms with Gasteiger partial charge in [-0.1, -0.05) is 35.3 Å². The zero-order valence-corrected chi connectivity index (χ0v) is 19.6. The van der Waals surface area contributed by atoms with Crippen LogP contribution in [0.25, 0.3) is 0 Å². The second kappa shape index (κ2) is 10.1. The number of para-hydroxylation sites is 2. The highest BCUT2D eigenvalue weighted by Crippen LogP contribution is 2.29. The van der Waals surface area contributed by atoms with Crippen molar-refractivity contribution in [1.29, 1.82) is 0 Å². The number of hydrogen-bond acceptors (Lipinski definition) is 4. The number of amides is 2. The quantitative estimate of drug-likeness (QED) is 0.540. The van der Waals surface area contributed by atoms with E-state index in [9.17, 15) is 9.59 Å². The molecule has 2 amide bonds. The summed E-state index contributed by atoms with van der Waals surface area (Å²) in [5.41, 5.74) is 2.67. The van der Waals surface area contributed by atoms with E-state index in [1.165, 1.54) is 7.11 Å². The molecule has 0 unspecified atom stereocenters. The third-order valence-corrected chi connectivity index (χ3v) is 6.11. The minimum atomic E-state index is -0.261. The van der Waals surface area contributed by atoms with Crippen LogP contribution in [0.3, 0.4) is 0 Å². The lowest BCUT2D eigenvalue weighted by molar-refractivity contribution is 0.0746. The zero-order valence-electron chi connectivity index (χ0n) is 18.1. The number of carbonyl (C=O) groups is 2. The molecule has 33 heavy (non-hydrogen) atoms. The van der Waals surface area contributed by atoms with E-state index >= 15 is 0 Å². The molecule has 0 radical (unpaired) electrons. The van der Waals surface area contributed by atoms with Gasteiger partial charge in [0.25, 0.3) is 11.8 Å². The lowest BCUT2D eigenvalue weighted by Gasteiger charge is -2.37. The Morgan fingerprint density at radius 3 is 2.21 bits per heavy atom. The van der Waals surface area contributed by atoms with Crippen LogP contribution in [0.5, 0.6) is 5.75 Å². The first-order valence-corrected chi connectivity index (χ1v) is 11.3. The predicted octanol–water partition coefficient (Wildman–Crippen LogP) is 5.22. The number of carbonyl (C=O) groups excluding carboxylic acids is 2. The van der Waals surface area contributed by atoms with Gasteiger partial charge in [0.2, 0.25) is 0 Å². The van der Waals surface area contributed by atoms with Crippen LogP contribution in [-0.4, -0.2) is 50.0 Å². The van der Waals surface area contributed by atoms with E-state index in [0.29, 0.717) is 58.8 Å². The fraction of sp³-hybridized carbons (Fsp3) is 0.200. The number of rotatable bonds is 5. The van der Waals surface area contributed by atoms with Crippen molar-refractivity contribution >= 4 is 46.4 Å². The minimum Gasteiger partial charge on any atom is -0.495 e. The molecule has 0 aromatic heterocycles. The normalized spacial score (nSPS) is 13.5. The van der Waals surface area contributed by atoms with E-state index in [4.69, 9.17) is 27.9 Å². The van der Waals surface area contributed by atoms with E-state index < -0.39 is 0 Å². The summed E-state index contributed by atoms with van der Waals surface area (Å²) in [5.74, 6) is 0.243. The maximum Gasteiger partial charge on any atom is 0.255 e. The SMILES string of the molecule is COc1ccc(C(=O)Nc2ccccc2N2CCN(C(=O)c3ccc(Cl)cc3)CC2)cc1Cl. The van der Waals surface area contributed by atoms with Crippen LogP contribution in [0.15, 0.2) is 66.7 Å². The number of piperazine rings is 1. The average Bonchev–Trinajstić information content (AvgIpc) is 2.84. The molecule has 1 aliphatic heterocycles. The highest BCUT2D eigenvalue weighted by Gasteiger charge is 2.24. The average molecular weight is 484 g/mol. The Morgan fingerprint density at radius 2 is 1.55 bits per heavy atom. The van der Waals surface area contributed by atoms with Gasteiger partial charge in [-0.25, -0.2) is 0 Å². The van der Waals surface area contributed by atoms with Gasteiger partial charge in [0.1, 0.15) is 5.75 Å². The summed E-state index contributed by atoms with van der Waals surface area (Å²) in [6.07, 6.45) is 0. The second-order valence-corrected chi connectivity index (χ2v) is 8.45. The number of hydrogen-bond donors (Lipinski definition) is 1. The van der Waals surface area contributed by atoms with E-state index in [1.807, 2.05) is 29.2 Å². The van der Waals surface area contributed by atoms with E-state index in [0.717, 1.165) is 5.69 Å². The van der Waals surface area contributed by atoms with Gasteiger partial charge in [0, 0.05) is 42.3 Å². The molecular weight excluding hydrogens is 461 g/mol. The molecule has 0 aliphatic carbocycles. The molecule has 6 nitrogen and oxygen atoms in total. The monoisotopic (exact) mass is 483 g/mol. The van der Waals surface area contributed by atoms with E-state index in [-0.39, 0.29) is 11.8 Å². The molecule has 0 saturated carbocycles. The Morgan fingerprint density at radius 1 is 0.879 bits per heavy atom. The summed E-state index contributed by atoms with van der Waals surface area (Å²) < 4.78 is 5.15. The van der Waals surface area contributed by atoms with Crippen LogP contribution < -0.4 is 15.0 Å². The Hall–Kier alpha value is -3.22. The van der Waals surface area contributed by atoms with Crippen molar-refractivity contribution in [3.05, 3.63) is 87.9 Å². The lowest BCUT2D eigenvalue weighted by Crippen LogP contribution is -2.49. The summed E-state index contributed by atoms with van der Waals surface area (Å²) in [6, 6.07) is 19.5. The highest BCUT2D eigenvalue weighted by atomic mass is 35.5. The molecule has 1 heterocycles. The van der Waals surface area contributed by atoms with Crippen molar-refractivity contribution < 1.29 is 14.3 Å². The van der Waals surface area contributed by atoms with E-state index in [1.54, 1.807) is 42.5 Å². The molecule has 0 atom stereocenters. The number of benzene rings is 3. The highest BCUT2D eigenvalue weighted by molar-refractivity contribution is 6.32. The van der Waals surface area contributed by atoms with Crippen LogP contribution in [0.1, 0.15) is 20.7 Å². The Kier molecular flexibility index (Phi) is 7.06.